The van der Waals surface area contributed by atoms with Gasteiger partial charge in [0.2, 0.25) is 0 Å². The lowest BCUT2D eigenvalue weighted by atomic mass is 10.2. The minimum absolute atomic E-state index is 0.253. The largest absolute Gasteiger partial charge is 0.376 e. The summed E-state index contributed by atoms with van der Waals surface area (Å²) in [6.45, 7) is 1.55. The minimum Gasteiger partial charge on any atom is -0.376 e. The maximum atomic E-state index is 12.7. The highest BCUT2D eigenvalue weighted by Crippen LogP contribution is 2.11. The third-order valence-electron chi connectivity index (χ3n) is 2.62. The zero-order chi connectivity index (χ0) is 12.1. The predicted molar refractivity (Wildman–Crippen MR) is 69.6 cm³/mol. The van der Waals surface area contributed by atoms with Gasteiger partial charge in [-0.1, -0.05) is 0 Å². The van der Waals surface area contributed by atoms with E-state index in [0.29, 0.717) is 11.7 Å². The van der Waals surface area contributed by atoms with Crippen molar-refractivity contribution in [3.05, 3.63) is 30.1 Å². The van der Waals surface area contributed by atoms with Crippen molar-refractivity contribution in [3.63, 3.8) is 0 Å². The molecule has 1 aliphatic heterocycles. The second-order valence-corrected chi connectivity index (χ2v) is 4.39. The summed E-state index contributed by atoms with van der Waals surface area (Å²) >= 11 is 5.13. The molecule has 0 bridgehead atoms. The van der Waals surface area contributed by atoms with E-state index in [9.17, 15) is 4.39 Å². The van der Waals surface area contributed by atoms with Gasteiger partial charge in [-0.3, -0.25) is 0 Å². The van der Waals surface area contributed by atoms with Crippen molar-refractivity contribution >= 4 is 23.0 Å². The van der Waals surface area contributed by atoms with Crippen molar-refractivity contribution in [2.75, 3.05) is 18.5 Å². The molecular formula is C12H15FN2OS. The number of hydrogen-bond acceptors (Lipinski definition) is 2. The first-order valence-corrected chi connectivity index (χ1v) is 6.07. The second-order valence-electron chi connectivity index (χ2n) is 3.98. The molecule has 0 amide bonds. The summed E-state index contributed by atoms with van der Waals surface area (Å²) < 4.78 is 18.2. The topological polar surface area (TPSA) is 33.3 Å². The van der Waals surface area contributed by atoms with Crippen LogP contribution in [0.2, 0.25) is 0 Å². The summed E-state index contributed by atoms with van der Waals surface area (Å²) in [6.07, 6.45) is 2.44. The highest BCUT2D eigenvalue weighted by molar-refractivity contribution is 7.80. The maximum Gasteiger partial charge on any atom is 0.170 e. The Hall–Kier alpha value is -1.20. The van der Waals surface area contributed by atoms with Crippen LogP contribution in [-0.2, 0) is 4.74 Å². The van der Waals surface area contributed by atoms with Crippen LogP contribution in [0.3, 0.4) is 0 Å². The Balaban J connectivity index is 1.74. The summed E-state index contributed by atoms with van der Waals surface area (Å²) in [4.78, 5) is 0. The first-order chi connectivity index (χ1) is 8.24. The third-order valence-corrected chi connectivity index (χ3v) is 2.86. The van der Waals surface area contributed by atoms with E-state index in [1.807, 2.05) is 0 Å². The number of ether oxygens (including phenoxy) is 1. The van der Waals surface area contributed by atoms with Crippen molar-refractivity contribution < 1.29 is 9.13 Å². The van der Waals surface area contributed by atoms with Crippen LogP contribution in [0.25, 0.3) is 0 Å². The molecule has 1 aliphatic rings. The van der Waals surface area contributed by atoms with E-state index in [2.05, 4.69) is 10.6 Å². The molecule has 1 heterocycles. The average molecular weight is 254 g/mol. The molecule has 1 fully saturated rings. The number of halogens is 1. The fourth-order valence-corrected chi connectivity index (χ4v) is 1.92. The lowest BCUT2D eigenvalue weighted by Gasteiger charge is -2.13. The van der Waals surface area contributed by atoms with Gasteiger partial charge in [-0.15, -0.1) is 0 Å². The summed E-state index contributed by atoms with van der Waals surface area (Å²) in [5.74, 6) is -0.256. The van der Waals surface area contributed by atoms with E-state index in [-0.39, 0.29) is 11.9 Å². The highest BCUT2D eigenvalue weighted by atomic mass is 32.1. The maximum absolute atomic E-state index is 12.7. The van der Waals surface area contributed by atoms with Gasteiger partial charge in [0.15, 0.2) is 5.11 Å². The van der Waals surface area contributed by atoms with Crippen LogP contribution in [0.4, 0.5) is 10.1 Å². The first-order valence-electron chi connectivity index (χ1n) is 5.66. The third kappa shape index (κ3) is 3.94. The summed E-state index contributed by atoms with van der Waals surface area (Å²) in [6, 6.07) is 6.08. The fourth-order valence-electron chi connectivity index (χ4n) is 1.72. The molecule has 1 aromatic rings. The van der Waals surface area contributed by atoms with Gasteiger partial charge < -0.3 is 15.4 Å². The zero-order valence-electron chi connectivity index (χ0n) is 9.41. The first kappa shape index (κ1) is 12.3. The molecule has 2 rings (SSSR count). The standard InChI is InChI=1S/C12H15FN2OS/c13-9-3-5-10(6-4-9)15-12(17)14-8-11-2-1-7-16-11/h3-6,11H,1-2,7-8H2,(H2,14,15,17)/t11-/m1/s1. The summed E-state index contributed by atoms with van der Waals surface area (Å²) in [5.41, 5.74) is 0.774. The van der Waals surface area contributed by atoms with Crippen molar-refractivity contribution in [1.82, 2.24) is 5.32 Å². The van der Waals surface area contributed by atoms with Gasteiger partial charge in [0.1, 0.15) is 5.82 Å². The summed E-state index contributed by atoms with van der Waals surface area (Å²) in [5, 5.41) is 6.61. The van der Waals surface area contributed by atoms with E-state index >= 15 is 0 Å². The lowest BCUT2D eigenvalue weighted by molar-refractivity contribution is 0.114. The SMILES string of the molecule is Fc1ccc(NC(=S)NC[C@H]2CCCO2)cc1. The Morgan fingerprint density at radius 2 is 2.18 bits per heavy atom. The summed E-state index contributed by atoms with van der Waals surface area (Å²) in [7, 11) is 0. The van der Waals surface area contributed by atoms with Gasteiger partial charge in [0.05, 0.1) is 6.10 Å². The number of anilines is 1. The fraction of sp³-hybridized carbons (Fsp3) is 0.417. The van der Waals surface area contributed by atoms with Gasteiger partial charge in [-0.25, -0.2) is 4.39 Å². The van der Waals surface area contributed by atoms with Crippen molar-refractivity contribution in [2.24, 2.45) is 0 Å². The Labute approximate surface area is 105 Å². The van der Waals surface area contributed by atoms with Crippen LogP contribution in [0.15, 0.2) is 24.3 Å². The van der Waals surface area contributed by atoms with Gasteiger partial charge in [0, 0.05) is 18.8 Å². The van der Waals surface area contributed by atoms with Crippen molar-refractivity contribution in [1.29, 1.82) is 0 Å². The molecule has 0 radical (unpaired) electrons. The van der Waals surface area contributed by atoms with Crippen LogP contribution < -0.4 is 10.6 Å². The normalized spacial score (nSPS) is 19.0. The molecule has 1 aromatic carbocycles. The molecule has 0 unspecified atom stereocenters. The van der Waals surface area contributed by atoms with Crippen molar-refractivity contribution in [2.45, 2.75) is 18.9 Å². The molecule has 3 nitrogen and oxygen atoms in total. The van der Waals surface area contributed by atoms with Crippen LogP contribution in [0.5, 0.6) is 0 Å². The number of hydrogen-bond donors (Lipinski definition) is 2. The van der Waals surface area contributed by atoms with Crippen molar-refractivity contribution in [3.8, 4) is 0 Å². The minimum atomic E-state index is -0.256. The van der Waals surface area contributed by atoms with Crippen LogP contribution in [0, 0.1) is 5.82 Å². The Kier molecular flexibility index (Phi) is 4.28. The zero-order valence-corrected chi connectivity index (χ0v) is 10.2. The van der Waals surface area contributed by atoms with E-state index in [1.165, 1.54) is 12.1 Å². The Morgan fingerprint density at radius 3 is 2.82 bits per heavy atom. The molecule has 0 aliphatic carbocycles. The van der Waals surface area contributed by atoms with Gasteiger partial charge >= 0.3 is 0 Å². The number of nitrogens with one attached hydrogen (secondary N) is 2. The monoisotopic (exact) mass is 254 g/mol. The predicted octanol–water partition coefficient (Wildman–Crippen LogP) is 2.29. The quantitative estimate of drug-likeness (QED) is 0.811. The highest BCUT2D eigenvalue weighted by Gasteiger charge is 2.15. The van der Waals surface area contributed by atoms with Crippen LogP contribution in [0.1, 0.15) is 12.8 Å². The lowest BCUT2D eigenvalue weighted by Crippen LogP contribution is -2.34. The van der Waals surface area contributed by atoms with E-state index < -0.39 is 0 Å². The van der Waals surface area contributed by atoms with E-state index in [0.717, 1.165) is 25.1 Å². The smallest absolute Gasteiger partial charge is 0.170 e. The van der Waals surface area contributed by atoms with Gasteiger partial charge in [0.25, 0.3) is 0 Å². The number of benzene rings is 1. The molecule has 92 valence electrons. The van der Waals surface area contributed by atoms with Gasteiger partial charge in [-0.05, 0) is 49.3 Å². The number of thiocarbonyl (C=S) groups is 1. The second kappa shape index (κ2) is 5.93. The Morgan fingerprint density at radius 1 is 1.41 bits per heavy atom. The molecular weight excluding hydrogens is 239 g/mol. The van der Waals surface area contributed by atoms with E-state index in [1.54, 1.807) is 12.1 Å². The molecule has 1 atom stereocenters. The molecule has 0 saturated carbocycles. The molecule has 2 N–H and O–H groups in total. The molecule has 17 heavy (non-hydrogen) atoms. The molecule has 5 heteroatoms. The molecule has 1 saturated heterocycles. The molecule has 0 aromatic heterocycles. The molecule has 0 spiro atoms. The number of rotatable bonds is 3. The van der Waals surface area contributed by atoms with Gasteiger partial charge in [-0.2, -0.15) is 0 Å². The van der Waals surface area contributed by atoms with Crippen LogP contribution >= 0.6 is 12.2 Å². The van der Waals surface area contributed by atoms with Crippen LogP contribution in [-0.4, -0.2) is 24.4 Å². The Bertz CT molecular complexity index is 377. The van der Waals surface area contributed by atoms with E-state index in [4.69, 9.17) is 17.0 Å². The average Bonchev–Trinajstić information content (AvgIpc) is 2.83.